The first kappa shape index (κ1) is 22.1. The van der Waals surface area contributed by atoms with E-state index >= 15 is 0 Å². The van der Waals surface area contributed by atoms with Crippen LogP contribution in [0.15, 0.2) is 54.2 Å². The van der Waals surface area contributed by atoms with Crippen LogP contribution in [0.2, 0.25) is 0 Å². The number of ether oxygens (including phenoxy) is 1. The van der Waals surface area contributed by atoms with E-state index in [1.54, 1.807) is 13.4 Å². The van der Waals surface area contributed by atoms with E-state index in [1.807, 2.05) is 53.0 Å². The monoisotopic (exact) mass is 434 g/mol. The molecule has 0 saturated carbocycles. The van der Waals surface area contributed by atoms with E-state index in [1.165, 1.54) is 19.3 Å². The van der Waals surface area contributed by atoms with E-state index in [0.717, 1.165) is 54.4 Å². The van der Waals surface area contributed by atoms with E-state index in [0.29, 0.717) is 17.7 Å². The third-order valence-electron chi connectivity index (χ3n) is 6.47. The molecule has 1 aromatic heterocycles. The van der Waals surface area contributed by atoms with Gasteiger partial charge in [0.15, 0.2) is 0 Å². The molecule has 3 N–H and O–H groups in total. The standard InChI is InChI=1S/C25H34N6O/c1-18-16-30(17-28-18)23-8-6-20(15-24(23)32-3)7-9-25(26)29-31-14-4-5-22(19(31)2)21-10-12-27-13-11-21/h6-9,15-17,21-22,27H,2,4-5,10-14H2,1,3H3,(H2,26,29)/b9-7+/t22-/m0/s1. The summed E-state index contributed by atoms with van der Waals surface area (Å²) in [6, 6.07) is 6.04. The number of hydrazone groups is 1. The largest absolute Gasteiger partial charge is 0.495 e. The Morgan fingerprint density at radius 1 is 1.31 bits per heavy atom. The molecule has 2 saturated heterocycles. The zero-order valence-electron chi connectivity index (χ0n) is 19.1. The van der Waals surface area contributed by atoms with Crippen molar-refractivity contribution >= 4 is 11.9 Å². The molecule has 0 unspecified atom stereocenters. The summed E-state index contributed by atoms with van der Waals surface area (Å²) in [6.45, 7) is 9.43. The molecule has 2 fully saturated rings. The number of nitrogens with zero attached hydrogens (tertiary/aromatic N) is 4. The van der Waals surface area contributed by atoms with Gasteiger partial charge in [0.25, 0.3) is 0 Å². The number of hydrogen-bond acceptors (Lipinski definition) is 5. The lowest BCUT2D eigenvalue weighted by atomic mass is 9.78. The van der Waals surface area contributed by atoms with E-state index in [4.69, 9.17) is 10.5 Å². The SMILES string of the molecule is C=C1[C@@H](C2CCNCC2)CCCN1/N=C(N)/C=C/c1ccc(-n2cnc(C)c2)c(OC)c1. The minimum absolute atomic E-state index is 0.477. The third-order valence-corrected chi connectivity index (χ3v) is 6.47. The predicted molar refractivity (Wildman–Crippen MR) is 130 cm³/mol. The Hall–Kier alpha value is -3.06. The summed E-state index contributed by atoms with van der Waals surface area (Å²) >= 11 is 0. The van der Waals surface area contributed by atoms with Crippen molar-refractivity contribution in [1.82, 2.24) is 19.9 Å². The van der Waals surface area contributed by atoms with Crippen molar-refractivity contribution < 1.29 is 4.74 Å². The predicted octanol–water partition coefficient (Wildman–Crippen LogP) is 3.70. The Labute approximate surface area is 190 Å². The number of nitrogens with one attached hydrogen (secondary N) is 1. The lowest BCUT2D eigenvalue weighted by molar-refractivity contribution is 0.178. The fourth-order valence-electron chi connectivity index (χ4n) is 4.75. The molecule has 0 spiro atoms. The number of imidazole rings is 1. The number of rotatable bonds is 6. The average Bonchev–Trinajstić information content (AvgIpc) is 3.25. The maximum Gasteiger partial charge on any atom is 0.143 e. The summed E-state index contributed by atoms with van der Waals surface area (Å²) in [5.41, 5.74) is 10.3. The van der Waals surface area contributed by atoms with Crippen molar-refractivity contribution in [2.24, 2.45) is 22.7 Å². The molecule has 0 radical (unpaired) electrons. The van der Waals surface area contributed by atoms with E-state index < -0.39 is 0 Å². The molecule has 2 aliphatic rings. The lowest BCUT2D eigenvalue weighted by Gasteiger charge is -2.39. The van der Waals surface area contributed by atoms with Gasteiger partial charge < -0.3 is 20.4 Å². The van der Waals surface area contributed by atoms with Gasteiger partial charge in [-0.25, -0.2) is 4.98 Å². The van der Waals surface area contributed by atoms with Crippen molar-refractivity contribution in [3.63, 3.8) is 0 Å². The van der Waals surface area contributed by atoms with Gasteiger partial charge in [-0.15, -0.1) is 0 Å². The third kappa shape index (κ3) is 5.05. The zero-order chi connectivity index (χ0) is 22.5. The molecule has 0 aliphatic carbocycles. The normalized spacial score (nSPS) is 20.8. The lowest BCUT2D eigenvalue weighted by Crippen LogP contribution is -2.38. The van der Waals surface area contributed by atoms with Crippen LogP contribution in [-0.4, -0.2) is 47.1 Å². The van der Waals surface area contributed by atoms with Crippen LogP contribution < -0.4 is 15.8 Å². The second-order valence-electron chi connectivity index (χ2n) is 8.66. The molecule has 7 nitrogen and oxygen atoms in total. The number of aromatic nitrogens is 2. The number of amidine groups is 1. The fourth-order valence-corrected chi connectivity index (χ4v) is 4.75. The number of piperidine rings is 2. The maximum absolute atomic E-state index is 6.26. The molecule has 3 heterocycles. The van der Waals surface area contributed by atoms with Crippen LogP contribution in [0.3, 0.4) is 0 Å². The van der Waals surface area contributed by atoms with Crippen molar-refractivity contribution in [2.75, 3.05) is 26.7 Å². The van der Waals surface area contributed by atoms with Gasteiger partial charge in [0.2, 0.25) is 0 Å². The van der Waals surface area contributed by atoms with Crippen LogP contribution in [0.1, 0.15) is 36.9 Å². The first-order valence-electron chi connectivity index (χ1n) is 11.4. The number of aryl methyl sites for hydroxylation is 1. The van der Waals surface area contributed by atoms with Crippen molar-refractivity contribution in [3.8, 4) is 11.4 Å². The first-order chi connectivity index (χ1) is 15.5. The number of methoxy groups -OCH3 is 1. The smallest absolute Gasteiger partial charge is 0.143 e. The van der Waals surface area contributed by atoms with Crippen molar-refractivity contribution in [2.45, 2.75) is 32.6 Å². The summed E-state index contributed by atoms with van der Waals surface area (Å²) in [7, 11) is 1.67. The van der Waals surface area contributed by atoms with Crippen LogP contribution in [0, 0.1) is 18.8 Å². The quantitative estimate of drug-likeness (QED) is 0.535. The Kier molecular flexibility index (Phi) is 6.95. The Bertz CT molecular complexity index is 1000. The van der Waals surface area contributed by atoms with Crippen LogP contribution in [0.5, 0.6) is 5.75 Å². The van der Waals surface area contributed by atoms with E-state index in [9.17, 15) is 0 Å². The Morgan fingerprint density at radius 3 is 2.84 bits per heavy atom. The molecule has 2 aromatic rings. The molecule has 0 amide bonds. The van der Waals surface area contributed by atoms with Crippen LogP contribution in [0.4, 0.5) is 0 Å². The van der Waals surface area contributed by atoms with Gasteiger partial charge in [0.05, 0.1) is 24.8 Å². The minimum Gasteiger partial charge on any atom is -0.495 e. The molecule has 170 valence electrons. The number of nitrogens with two attached hydrogens (primary N) is 1. The van der Waals surface area contributed by atoms with Gasteiger partial charge in [-0.3, -0.25) is 5.01 Å². The zero-order valence-corrected chi connectivity index (χ0v) is 19.1. The second-order valence-corrected chi connectivity index (χ2v) is 8.66. The molecule has 1 atom stereocenters. The highest BCUT2D eigenvalue weighted by Gasteiger charge is 2.31. The maximum atomic E-state index is 6.26. The van der Waals surface area contributed by atoms with E-state index in [2.05, 4.69) is 22.0 Å². The van der Waals surface area contributed by atoms with E-state index in [-0.39, 0.29) is 0 Å². The highest BCUT2D eigenvalue weighted by atomic mass is 16.5. The number of allylic oxidation sites excluding steroid dienone is 1. The van der Waals surface area contributed by atoms with Crippen molar-refractivity contribution in [3.05, 3.63) is 60.3 Å². The van der Waals surface area contributed by atoms with Crippen LogP contribution in [-0.2, 0) is 0 Å². The summed E-state index contributed by atoms with van der Waals surface area (Å²) in [5.74, 6) is 2.46. The Balaban J connectivity index is 1.45. The number of hydrogen-bond donors (Lipinski definition) is 2. The average molecular weight is 435 g/mol. The summed E-state index contributed by atoms with van der Waals surface area (Å²) in [4.78, 5) is 4.29. The summed E-state index contributed by atoms with van der Waals surface area (Å²) in [5, 5.41) is 10.1. The molecule has 4 rings (SSSR count). The van der Waals surface area contributed by atoms with Crippen LogP contribution in [0.25, 0.3) is 11.8 Å². The van der Waals surface area contributed by atoms with Crippen molar-refractivity contribution in [1.29, 1.82) is 0 Å². The topological polar surface area (TPSA) is 80.7 Å². The molecule has 32 heavy (non-hydrogen) atoms. The molecule has 7 heteroatoms. The van der Waals surface area contributed by atoms with Gasteiger partial charge in [-0.05, 0) is 75.4 Å². The van der Waals surface area contributed by atoms with Gasteiger partial charge >= 0.3 is 0 Å². The Morgan fingerprint density at radius 2 is 2.12 bits per heavy atom. The minimum atomic E-state index is 0.477. The van der Waals surface area contributed by atoms with Gasteiger partial charge in [-0.2, -0.15) is 5.10 Å². The van der Waals surface area contributed by atoms with Gasteiger partial charge in [0, 0.05) is 24.4 Å². The molecular formula is C25H34N6O. The fraction of sp³-hybridized carbons (Fsp3) is 0.440. The highest BCUT2D eigenvalue weighted by Crippen LogP contribution is 2.36. The second kappa shape index (κ2) is 10.0. The van der Waals surface area contributed by atoms with Crippen LogP contribution >= 0.6 is 0 Å². The summed E-state index contributed by atoms with van der Waals surface area (Å²) in [6.07, 6.45) is 12.3. The molecule has 1 aromatic carbocycles. The van der Waals surface area contributed by atoms with Gasteiger partial charge in [-0.1, -0.05) is 18.7 Å². The molecular weight excluding hydrogens is 400 g/mol. The van der Waals surface area contributed by atoms with Gasteiger partial charge in [0.1, 0.15) is 11.6 Å². The molecule has 0 bridgehead atoms. The number of benzene rings is 1. The first-order valence-corrected chi connectivity index (χ1v) is 11.4. The molecule has 2 aliphatic heterocycles. The summed E-state index contributed by atoms with van der Waals surface area (Å²) < 4.78 is 7.55. The highest BCUT2D eigenvalue weighted by molar-refractivity contribution is 5.95.